The van der Waals surface area contributed by atoms with Crippen molar-refractivity contribution in [1.82, 2.24) is 10.3 Å². The molecular weight excluding hydrogens is 346 g/mol. The number of aliphatic carboxylic acids is 1. The Bertz CT molecular complexity index is 789. The second-order valence-corrected chi connectivity index (χ2v) is 7.08. The molecule has 1 saturated heterocycles. The molecule has 0 spiro atoms. The number of nitrogens with one attached hydrogen (secondary N) is 1. The lowest BCUT2D eigenvalue weighted by Crippen LogP contribution is -2.29. The summed E-state index contributed by atoms with van der Waals surface area (Å²) in [5.74, 6) is -2.00. The first kappa shape index (κ1) is 16.7. The summed E-state index contributed by atoms with van der Waals surface area (Å²) in [6, 6.07) is 9.46. The summed E-state index contributed by atoms with van der Waals surface area (Å²) in [5, 5.41) is 16.0. The van der Waals surface area contributed by atoms with Gasteiger partial charge in [-0.1, -0.05) is 49.0 Å². The monoisotopic (exact) mass is 360 g/mol. The number of amidine groups is 1. The molecule has 0 bridgehead atoms. The highest BCUT2D eigenvalue weighted by atomic mass is 32.2. The van der Waals surface area contributed by atoms with E-state index >= 15 is 0 Å². The Morgan fingerprint density at radius 3 is 2.83 bits per heavy atom. The van der Waals surface area contributed by atoms with Gasteiger partial charge in [0.1, 0.15) is 5.25 Å². The van der Waals surface area contributed by atoms with Crippen LogP contribution in [0, 0.1) is 0 Å². The molecule has 1 aromatic carbocycles. The van der Waals surface area contributed by atoms with Crippen LogP contribution in [0.2, 0.25) is 0 Å². The fourth-order valence-electron chi connectivity index (χ4n) is 2.34. The van der Waals surface area contributed by atoms with Crippen molar-refractivity contribution < 1.29 is 14.7 Å². The van der Waals surface area contributed by atoms with Crippen LogP contribution < -0.4 is 10.4 Å². The van der Waals surface area contributed by atoms with Crippen molar-refractivity contribution >= 4 is 45.3 Å². The van der Waals surface area contributed by atoms with Crippen LogP contribution in [0.4, 0.5) is 5.13 Å². The predicted octanol–water partition coefficient (Wildman–Crippen LogP) is 1.98. The summed E-state index contributed by atoms with van der Waals surface area (Å²) in [7, 11) is 0. The van der Waals surface area contributed by atoms with Crippen LogP contribution in [-0.4, -0.2) is 22.0 Å². The molecule has 1 fully saturated rings. The van der Waals surface area contributed by atoms with E-state index < -0.39 is 11.9 Å². The number of thiazole rings is 1. The molecule has 6 nitrogen and oxygen atoms in total. The third kappa shape index (κ3) is 3.49. The number of aromatic nitrogens is 1. The normalized spacial score (nSPS) is 20.1. The molecule has 3 rings (SSSR count). The molecule has 2 aromatic rings. The smallest absolute Gasteiger partial charge is 0.244 e. The molecule has 1 aliphatic rings. The van der Waals surface area contributed by atoms with E-state index in [1.807, 2.05) is 30.3 Å². The van der Waals surface area contributed by atoms with Gasteiger partial charge in [0.15, 0.2) is 5.17 Å². The van der Waals surface area contributed by atoms with Crippen molar-refractivity contribution in [3.05, 3.63) is 47.0 Å². The summed E-state index contributed by atoms with van der Waals surface area (Å²) in [6.45, 7) is 1.77. The average molecular weight is 360 g/mol. The van der Waals surface area contributed by atoms with Gasteiger partial charge in [0.25, 0.3) is 0 Å². The maximum absolute atomic E-state index is 12.1. The zero-order valence-electron chi connectivity index (χ0n) is 12.8. The number of amides is 1. The standard InChI is InChI=1S/C16H15N3O3S2/c1-2-10(14(21)22)11-8-23-15(17-11)19-16-18-13(20)12(24-16)9-6-4-3-5-7-9/h3-8,10,12H,2H2,1H3,(H,21,22)(H,17,18,19,20)/p-1. The van der Waals surface area contributed by atoms with Crippen LogP contribution in [0.15, 0.2) is 40.7 Å². The molecule has 24 heavy (non-hydrogen) atoms. The molecular formula is C16H14N3O3S2-. The van der Waals surface area contributed by atoms with E-state index in [2.05, 4.69) is 15.3 Å². The second kappa shape index (κ2) is 7.14. The van der Waals surface area contributed by atoms with E-state index in [1.54, 1.807) is 12.3 Å². The molecule has 1 N–H and O–H groups in total. The zero-order chi connectivity index (χ0) is 17.1. The fraction of sp³-hybridized carbons (Fsp3) is 0.250. The van der Waals surface area contributed by atoms with Crippen LogP contribution in [0.25, 0.3) is 0 Å². The van der Waals surface area contributed by atoms with Crippen molar-refractivity contribution in [2.45, 2.75) is 24.5 Å². The molecule has 1 aromatic heterocycles. The number of hydrogen-bond acceptors (Lipinski definition) is 7. The minimum atomic E-state index is -1.14. The summed E-state index contributed by atoms with van der Waals surface area (Å²) >= 11 is 2.57. The lowest BCUT2D eigenvalue weighted by molar-refractivity contribution is -0.308. The van der Waals surface area contributed by atoms with E-state index in [0.717, 1.165) is 5.56 Å². The Morgan fingerprint density at radius 1 is 1.42 bits per heavy atom. The number of aliphatic imine (C=N–C) groups is 1. The number of carbonyl (C=O) groups excluding carboxylic acids is 2. The molecule has 0 aliphatic carbocycles. The van der Waals surface area contributed by atoms with Crippen LogP contribution in [-0.2, 0) is 9.59 Å². The van der Waals surface area contributed by atoms with E-state index in [9.17, 15) is 14.7 Å². The van der Waals surface area contributed by atoms with Gasteiger partial charge in [-0.15, -0.1) is 11.3 Å². The maximum atomic E-state index is 12.1. The first-order valence-corrected chi connectivity index (χ1v) is 9.12. The number of hydrogen-bond donors (Lipinski definition) is 1. The first-order valence-electron chi connectivity index (χ1n) is 7.36. The largest absolute Gasteiger partial charge is 0.549 e. The van der Waals surface area contributed by atoms with E-state index in [0.29, 0.717) is 22.4 Å². The number of rotatable bonds is 5. The lowest BCUT2D eigenvalue weighted by Gasteiger charge is -2.12. The van der Waals surface area contributed by atoms with Crippen LogP contribution in [0.3, 0.4) is 0 Å². The molecule has 0 radical (unpaired) electrons. The maximum Gasteiger partial charge on any atom is 0.244 e. The van der Waals surface area contributed by atoms with Crippen molar-refractivity contribution in [2.75, 3.05) is 0 Å². The van der Waals surface area contributed by atoms with Gasteiger partial charge in [-0.2, -0.15) is 4.99 Å². The van der Waals surface area contributed by atoms with Gasteiger partial charge in [0.05, 0.1) is 11.7 Å². The van der Waals surface area contributed by atoms with Gasteiger partial charge >= 0.3 is 0 Å². The predicted molar refractivity (Wildman–Crippen MR) is 92.2 cm³/mol. The number of carboxylic acids is 1. The molecule has 8 heteroatoms. The van der Waals surface area contributed by atoms with Crippen LogP contribution in [0.1, 0.15) is 35.8 Å². The van der Waals surface area contributed by atoms with Gasteiger partial charge < -0.3 is 15.2 Å². The summed E-state index contributed by atoms with van der Waals surface area (Å²) < 4.78 is 0. The van der Waals surface area contributed by atoms with Gasteiger partial charge in [-0.25, -0.2) is 4.98 Å². The summed E-state index contributed by atoms with van der Waals surface area (Å²) in [6.07, 6.45) is 0.406. The van der Waals surface area contributed by atoms with Gasteiger partial charge in [-0.3, -0.25) is 4.79 Å². The minimum absolute atomic E-state index is 0.122. The number of thioether (sulfide) groups is 1. The number of carbonyl (C=O) groups is 2. The quantitative estimate of drug-likeness (QED) is 0.880. The number of carboxylic acid groups (broad SMARTS) is 1. The Kier molecular flexibility index (Phi) is 4.96. The highest BCUT2D eigenvalue weighted by Crippen LogP contribution is 2.36. The molecule has 1 amide bonds. The average Bonchev–Trinajstić information content (AvgIpc) is 3.16. The lowest BCUT2D eigenvalue weighted by atomic mass is 10.0. The topological polar surface area (TPSA) is 94.5 Å². The fourth-order valence-corrected chi connectivity index (χ4v) is 4.12. The molecule has 1 aliphatic heterocycles. The molecule has 2 unspecified atom stereocenters. The third-order valence-electron chi connectivity index (χ3n) is 3.56. The molecule has 2 heterocycles. The number of nitrogens with zero attached hydrogens (tertiary/aromatic N) is 2. The molecule has 124 valence electrons. The Hall–Kier alpha value is -2.19. The SMILES string of the molecule is CCC(C(=O)[O-])c1csc(N=C2NC(=O)C(c3ccccc3)S2)n1. The van der Waals surface area contributed by atoms with E-state index in [1.165, 1.54) is 23.1 Å². The highest BCUT2D eigenvalue weighted by molar-refractivity contribution is 8.15. The zero-order valence-corrected chi connectivity index (χ0v) is 14.4. The van der Waals surface area contributed by atoms with Crippen LogP contribution >= 0.6 is 23.1 Å². The molecule has 2 atom stereocenters. The van der Waals surface area contributed by atoms with Crippen molar-refractivity contribution in [1.29, 1.82) is 0 Å². The van der Waals surface area contributed by atoms with Gasteiger partial charge in [-0.05, 0) is 12.0 Å². The first-order chi connectivity index (χ1) is 11.6. The Morgan fingerprint density at radius 2 is 2.17 bits per heavy atom. The summed E-state index contributed by atoms with van der Waals surface area (Å²) in [4.78, 5) is 31.8. The second-order valence-electron chi connectivity index (χ2n) is 5.15. The Labute approximate surface area is 147 Å². The van der Waals surface area contributed by atoms with Crippen molar-refractivity contribution in [3.63, 3.8) is 0 Å². The van der Waals surface area contributed by atoms with E-state index in [-0.39, 0.29) is 11.2 Å². The third-order valence-corrected chi connectivity index (χ3v) is 5.45. The van der Waals surface area contributed by atoms with E-state index in [4.69, 9.17) is 0 Å². The Balaban J connectivity index is 1.77. The minimum Gasteiger partial charge on any atom is -0.549 e. The highest BCUT2D eigenvalue weighted by Gasteiger charge is 2.31. The molecule has 0 saturated carbocycles. The van der Waals surface area contributed by atoms with Gasteiger partial charge in [0, 0.05) is 11.3 Å². The van der Waals surface area contributed by atoms with Crippen LogP contribution in [0.5, 0.6) is 0 Å². The summed E-state index contributed by atoms with van der Waals surface area (Å²) in [5.41, 5.74) is 1.35. The van der Waals surface area contributed by atoms with Crippen molar-refractivity contribution in [3.8, 4) is 0 Å². The number of benzene rings is 1. The van der Waals surface area contributed by atoms with Crippen molar-refractivity contribution in [2.24, 2.45) is 4.99 Å². The van der Waals surface area contributed by atoms with Gasteiger partial charge in [0.2, 0.25) is 11.0 Å².